The third-order valence-electron chi connectivity index (χ3n) is 3.84. The van der Waals surface area contributed by atoms with Gasteiger partial charge in [0.15, 0.2) is 0 Å². The number of hydrogen-bond donors (Lipinski definition) is 0. The number of ether oxygens (including phenoxy) is 1. The molecular formula is C15H14N2O3S2. The van der Waals surface area contributed by atoms with E-state index in [4.69, 9.17) is 4.74 Å². The molecule has 0 saturated carbocycles. The van der Waals surface area contributed by atoms with Crippen LogP contribution in [0.3, 0.4) is 0 Å². The molecule has 7 heteroatoms. The minimum atomic E-state index is -0.972. The summed E-state index contributed by atoms with van der Waals surface area (Å²) in [5, 5.41) is 12.2. The molecule has 0 spiro atoms. The van der Waals surface area contributed by atoms with Crippen LogP contribution < -0.4 is 0 Å². The summed E-state index contributed by atoms with van der Waals surface area (Å²) in [5.74, 6) is -1.47. The van der Waals surface area contributed by atoms with Crippen LogP contribution >= 0.6 is 23.1 Å². The maximum absolute atomic E-state index is 12.8. The van der Waals surface area contributed by atoms with Gasteiger partial charge >= 0.3 is 5.97 Å². The van der Waals surface area contributed by atoms with Crippen molar-refractivity contribution in [2.45, 2.75) is 12.3 Å². The lowest BCUT2D eigenvalue weighted by Gasteiger charge is -2.39. The van der Waals surface area contributed by atoms with Crippen molar-refractivity contribution < 1.29 is 14.3 Å². The number of methoxy groups -OCH3 is 1. The molecule has 2 atom stereocenters. The number of nitriles is 1. The van der Waals surface area contributed by atoms with Crippen molar-refractivity contribution in [1.82, 2.24) is 4.90 Å². The summed E-state index contributed by atoms with van der Waals surface area (Å²) in [6.45, 7) is 0.553. The van der Waals surface area contributed by atoms with Gasteiger partial charge in [0, 0.05) is 17.2 Å². The van der Waals surface area contributed by atoms with E-state index < -0.39 is 17.8 Å². The number of thioether (sulfide) groups is 1. The van der Waals surface area contributed by atoms with Gasteiger partial charge in [-0.2, -0.15) is 5.26 Å². The standard InChI is InChI=1S/C15H14N2O3S2/c1-20-15(19)12-11(10-4-2-6-21-10)9(8-16)14-17(13(12)18)5-3-7-22-14/h2,4,6,11-12H,3,5,7H2,1H3/t11-,12+/m1/s1. The summed E-state index contributed by atoms with van der Waals surface area (Å²) in [6.07, 6.45) is 0.857. The second-order valence-corrected chi connectivity index (χ2v) is 7.08. The van der Waals surface area contributed by atoms with Gasteiger partial charge in [0.1, 0.15) is 5.92 Å². The second kappa shape index (κ2) is 6.15. The molecule has 0 unspecified atom stereocenters. The molecule has 1 fully saturated rings. The van der Waals surface area contributed by atoms with Gasteiger partial charge in [0.05, 0.1) is 29.7 Å². The molecule has 22 heavy (non-hydrogen) atoms. The van der Waals surface area contributed by atoms with Crippen LogP contribution in [-0.2, 0) is 14.3 Å². The first kappa shape index (κ1) is 15.1. The normalized spacial score (nSPS) is 24.7. The van der Waals surface area contributed by atoms with Gasteiger partial charge in [0.2, 0.25) is 5.91 Å². The number of carbonyl (C=O) groups excluding carboxylic acids is 2. The van der Waals surface area contributed by atoms with Gasteiger partial charge in [0.25, 0.3) is 0 Å². The van der Waals surface area contributed by atoms with E-state index in [1.54, 1.807) is 4.90 Å². The average Bonchev–Trinajstić information content (AvgIpc) is 3.08. The molecule has 1 saturated heterocycles. The Morgan fingerprint density at radius 2 is 2.36 bits per heavy atom. The molecule has 0 radical (unpaired) electrons. The lowest BCUT2D eigenvalue weighted by Crippen LogP contribution is -2.48. The quantitative estimate of drug-likeness (QED) is 0.613. The van der Waals surface area contributed by atoms with Crippen LogP contribution in [0.15, 0.2) is 28.1 Å². The Bertz CT molecular complexity index is 675. The highest BCUT2D eigenvalue weighted by atomic mass is 32.2. The number of carbonyl (C=O) groups is 2. The zero-order valence-corrected chi connectivity index (χ0v) is 13.6. The predicted octanol–water partition coefficient (Wildman–Crippen LogP) is 2.34. The van der Waals surface area contributed by atoms with Crippen molar-refractivity contribution in [1.29, 1.82) is 5.26 Å². The SMILES string of the molecule is COC(=O)[C@@H]1C(=O)N2CCCSC2=C(C#N)[C@@H]1c1cccs1. The van der Waals surface area contributed by atoms with Crippen molar-refractivity contribution in [3.63, 3.8) is 0 Å². The Kier molecular flexibility index (Phi) is 4.23. The van der Waals surface area contributed by atoms with Crippen LogP contribution in [0.5, 0.6) is 0 Å². The van der Waals surface area contributed by atoms with Gasteiger partial charge in [-0.3, -0.25) is 9.59 Å². The van der Waals surface area contributed by atoms with E-state index in [0.29, 0.717) is 17.1 Å². The lowest BCUT2D eigenvalue weighted by molar-refractivity contribution is -0.154. The van der Waals surface area contributed by atoms with Crippen LogP contribution in [0.2, 0.25) is 0 Å². The number of fused-ring (bicyclic) bond motifs is 1. The molecule has 5 nitrogen and oxygen atoms in total. The third kappa shape index (κ3) is 2.32. The fourth-order valence-electron chi connectivity index (χ4n) is 2.87. The molecule has 3 heterocycles. The number of nitrogens with zero attached hydrogens (tertiary/aromatic N) is 2. The number of esters is 1. The van der Waals surface area contributed by atoms with Crippen LogP contribution in [0.25, 0.3) is 0 Å². The van der Waals surface area contributed by atoms with Crippen molar-refractivity contribution in [3.05, 3.63) is 33.0 Å². The van der Waals surface area contributed by atoms with Crippen molar-refractivity contribution >= 4 is 35.0 Å². The van der Waals surface area contributed by atoms with E-state index in [-0.39, 0.29) is 5.91 Å². The Balaban J connectivity index is 2.18. The molecular weight excluding hydrogens is 320 g/mol. The number of allylic oxidation sites excluding steroid dienone is 1. The molecule has 3 rings (SSSR count). The minimum Gasteiger partial charge on any atom is -0.468 e. The number of amides is 1. The highest BCUT2D eigenvalue weighted by Gasteiger charge is 2.48. The first-order valence-corrected chi connectivity index (χ1v) is 8.75. The fourth-order valence-corrected chi connectivity index (χ4v) is 4.87. The maximum atomic E-state index is 12.8. The zero-order chi connectivity index (χ0) is 15.7. The predicted molar refractivity (Wildman–Crippen MR) is 84.0 cm³/mol. The summed E-state index contributed by atoms with van der Waals surface area (Å²) in [6, 6.07) is 5.96. The van der Waals surface area contributed by atoms with Crippen molar-refractivity contribution in [3.8, 4) is 6.07 Å². The van der Waals surface area contributed by atoms with Gasteiger partial charge < -0.3 is 9.64 Å². The van der Waals surface area contributed by atoms with E-state index >= 15 is 0 Å². The highest BCUT2D eigenvalue weighted by molar-refractivity contribution is 8.03. The van der Waals surface area contributed by atoms with E-state index in [1.807, 2.05) is 17.5 Å². The summed E-state index contributed by atoms with van der Waals surface area (Å²) in [7, 11) is 1.28. The summed E-state index contributed by atoms with van der Waals surface area (Å²) in [4.78, 5) is 27.4. The Hall–Kier alpha value is -1.78. The van der Waals surface area contributed by atoms with E-state index in [0.717, 1.165) is 17.1 Å². The van der Waals surface area contributed by atoms with Crippen LogP contribution in [0.4, 0.5) is 0 Å². The average molecular weight is 334 g/mol. The smallest absolute Gasteiger partial charge is 0.319 e. The van der Waals surface area contributed by atoms with E-state index in [9.17, 15) is 14.9 Å². The fraction of sp³-hybridized carbons (Fsp3) is 0.400. The third-order valence-corrected chi connectivity index (χ3v) is 6.00. The van der Waals surface area contributed by atoms with Gasteiger partial charge in [-0.1, -0.05) is 6.07 Å². The maximum Gasteiger partial charge on any atom is 0.319 e. The minimum absolute atomic E-state index is 0.258. The van der Waals surface area contributed by atoms with Crippen molar-refractivity contribution in [2.24, 2.45) is 5.92 Å². The Labute approximate surface area is 136 Å². The molecule has 2 aliphatic heterocycles. The number of hydrogen-bond acceptors (Lipinski definition) is 6. The Morgan fingerprint density at radius 1 is 1.55 bits per heavy atom. The molecule has 0 aliphatic carbocycles. The summed E-state index contributed by atoms with van der Waals surface area (Å²) < 4.78 is 4.84. The largest absolute Gasteiger partial charge is 0.468 e. The first-order valence-electron chi connectivity index (χ1n) is 6.88. The summed E-state index contributed by atoms with van der Waals surface area (Å²) in [5.41, 5.74) is 0.502. The molecule has 0 aromatic carbocycles. The molecule has 2 aliphatic rings. The van der Waals surface area contributed by atoms with Crippen LogP contribution in [-0.4, -0.2) is 36.2 Å². The molecule has 1 aromatic heterocycles. The van der Waals surface area contributed by atoms with E-state index in [2.05, 4.69) is 6.07 Å². The molecule has 114 valence electrons. The Morgan fingerprint density at radius 3 is 3.00 bits per heavy atom. The molecule has 0 N–H and O–H groups in total. The first-order chi connectivity index (χ1) is 10.7. The lowest BCUT2D eigenvalue weighted by atomic mass is 9.81. The van der Waals surface area contributed by atoms with E-state index in [1.165, 1.54) is 30.2 Å². The zero-order valence-electron chi connectivity index (χ0n) is 11.9. The van der Waals surface area contributed by atoms with Gasteiger partial charge in [-0.25, -0.2) is 0 Å². The molecule has 0 bridgehead atoms. The second-order valence-electron chi connectivity index (χ2n) is 5.02. The van der Waals surface area contributed by atoms with Gasteiger partial charge in [-0.15, -0.1) is 23.1 Å². The van der Waals surface area contributed by atoms with Gasteiger partial charge in [-0.05, 0) is 17.9 Å². The highest BCUT2D eigenvalue weighted by Crippen LogP contribution is 2.46. The summed E-state index contributed by atoms with van der Waals surface area (Å²) >= 11 is 2.97. The van der Waals surface area contributed by atoms with Crippen LogP contribution in [0.1, 0.15) is 17.2 Å². The topological polar surface area (TPSA) is 70.4 Å². The molecule has 1 aromatic rings. The number of thiophene rings is 1. The van der Waals surface area contributed by atoms with Crippen LogP contribution in [0, 0.1) is 17.2 Å². The molecule has 1 amide bonds. The monoisotopic (exact) mass is 334 g/mol. The number of rotatable bonds is 2. The van der Waals surface area contributed by atoms with Crippen molar-refractivity contribution in [2.75, 3.05) is 19.4 Å².